The van der Waals surface area contributed by atoms with E-state index in [0.29, 0.717) is 12.8 Å². The Labute approximate surface area is 252 Å². The molecule has 0 spiro atoms. The average molecular weight is 592 g/mol. The molecule has 3 amide bonds. The van der Waals surface area contributed by atoms with E-state index >= 15 is 0 Å². The van der Waals surface area contributed by atoms with Crippen molar-refractivity contribution >= 4 is 23.9 Å². The molecule has 4 rings (SSSR count). The fourth-order valence-corrected chi connectivity index (χ4v) is 5.38. The summed E-state index contributed by atoms with van der Waals surface area (Å²) in [7, 11) is 0. The molecule has 4 N–H and O–H groups in total. The van der Waals surface area contributed by atoms with Crippen LogP contribution in [-0.4, -0.2) is 66.4 Å². The first kappa shape index (κ1) is 31.7. The van der Waals surface area contributed by atoms with Crippen LogP contribution in [0.25, 0.3) is 11.1 Å². The van der Waals surface area contributed by atoms with E-state index in [1.165, 1.54) is 0 Å². The Morgan fingerprint density at radius 2 is 1.72 bits per heavy atom. The van der Waals surface area contributed by atoms with E-state index in [0.717, 1.165) is 22.3 Å². The lowest BCUT2D eigenvalue weighted by atomic mass is 9.96. The summed E-state index contributed by atoms with van der Waals surface area (Å²) in [6.07, 6.45) is 3.85. The van der Waals surface area contributed by atoms with Gasteiger partial charge in [-0.3, -0.25) is 9.59 Å². The number of rotatable bonds is 7. The van der Waals surface area contributed by atoms with Crippen LogP contribution in [-0.2, 0) is 23.9 Å². The molecule has 43 heavy (non-hydrogen) atoms. The Morgan fingerprint density at radius 1 is 1.07 bits per heavy atom. The molecular weight excluding hydrogens is 550 g/mol. The monoisotopic (exact) mass is 591 g/mol. The van der Waals surface area contributed by atoms with Crippen molar-refractivity contribution in [2.45, 2.75) is 70.0 Å². The van der Waals surface area contributed by atoms with Gasteiger partial charge in [-0.2, -0.15) is 0 Å². The molecule has 0 saturated heterocycles. The average Bonchev–Trinajstić information content (AvgIpc) is 3.30. The van der Waals surface area contributed by atoms with Gasteiger partial charge in [-0.1, -0.05) is 60.7 Å². The normalized spacial score (nSPS) is 21.0. The second kappa shape index (κ2) is 14.3. The molecule has 1 heterocycles. The number of ether oxygens (including phenoxy) is 2. The smallest absolute Gasteiger partial charge is 0.407 e. The Hall–Kier alpha value is -4.18. The highest BCUT2D eigenvalue weighted by Crippen LogP contribution is 2.44. The molecule has 230 valence electrons. The number of fused-ring (bicyclic) bond motifs is 3. The van der Waals surface area contributed by atoms with E-state index < -0.39 is 35.6 Å². The molecule has 10 nitrogen and oxygen atoms in total. The van der Waals surface area contributed by atoms with Gasteiger partial charge in [0.15, 0.2) is 0 Å². The number of allylic oxidation sites excluding steroid dienone is 2. The molecular formula is C33H41N3O7. The predicted molar refractivity (Wildman–Crippen MR) is 161 cm³/mol. The maximum atomic E-state index is 13.1. The van der Waals surface area contributed by atoms with Crippen molar-refractivity contribution in [2.75, 3.05) is 19.8 Å². The minimum absolute atomic E-state index is 0.0532. The van der Waals surface area contributed by atoms with Gasteiger partial charge in [0.05, 0.1) is 18.1 Å². The fraction of sp³-hybridized carbons (Fsp3) is 0.455. The first-order valence-electron chi connectivity index (χ1n) is 14.7. The molecule has 0 fully saturated rings. The third-order valence-electron chi connectivity index (χ3n) is 7.65. The molecule has 3 unspecified atom stereocenters. The van der Waals surface area contributed by atoms with Gasteiger partial charge < -0.3 is 30.5 Å². The SMILES string of the molecule is CC(CO)NC(=O)CC1CC=CCCC(NC(=O)OCC2c3ccccc3-c3ccccc32)C(=O)OCC(C)(C)NC1=O. The van der Waals surface area contributed by atoms with Crippen molar-refractivity contribution in [3.05, 3.63) is 71.8 Å². The summed E-state index contributed by atoms with van der Waals surface area (Å²) in [6, 6.07) is 14.7. The highest BCUT2D eigenvalue weighted by Gasteiger charge is 2.32. The zero-order valence-corrected chi connectivity index (χ0v) is 24.9. The summed E-state index contributed by atoms with van der Waals surface area (Å²) in [6.45, 7) is 4.89. The van der Waals surface area contributed by atoms with Crippen LogP contribution in [0.2, 0.25) is 0 Å². The summed E-state index contributed by atoms with van der Waals surface area (Å²) in [5.41, 5.74) is 3.49. The first-order chi connectivity index (χ1) is 20.6. The van der Waals surface area contributed by atoms with Gasteiger partial charge >= 0.3 is 12.1 Å². The van der Waals surface area contributed by atoms with Gasteiger partial charge in [0.2, 0.25) is 11.8 Å². The molecule has 0 radical (unpaired) electrons. The lowest BCUT2D eigenvalue weighted by Gasteiger charge is -2.29. The predicted octanol–water partition coefficient (Wildman–Crippen LogP) is 3.58. The summed E-state index contributed by atoms with van der Waals surface area (Å²) >= 11 is 0. The van der Waals surface area contributed by atoms with Gasteiger partial charge in [-0.15, -0.1) is 0 Å². The van der Waals surface area contributed by atoms with Crippen molar-refractivity contribution in [3.8, 4) is 11.1 Å². The van der Waals surface area contributed by atoms with Crippen molar-refractivity contribution in [1.82, 2.24) is 16.0 Å². The Balaban J connectivity index is 1.39. The zero-order valence-electron chi connectivity index (χ0n) is 24.9. The highest BCUT2D eigenvalue weighted by molar-refractivity contribution is 5.86. The van der Waals surface area contributed by atoms with Crippen LogP contribution in [0.4, 0.5) is 4.79 Å². The molecule has 2 aromatic carbocycles. The number of carbonyl (C=O) groups is 4. The lowest BCUT2D eigenvalue weighted by Crippen LogP contribution is -2.51. The van der Waals surface area contributed by atoms with Gasteiger partial charge in [0.1, 0.15) is 19.3 Å². The van der Waals surface area contributed by atoms with Gasteiger partial charge in [-0.05, 0) is 62.3 Å². The first-order valence-corrected chi connectivity index (χ1v) is 14.7. The van der Waals surface area contributed by atoms with E-state index in [4.69, 9.17) is 9.47 Å². The number of carbonyl (C=O) groups excluding carboxylic acids is 4. The quantitative estimate of drug-likeness (QED) is 0.285. The maximum absolute atomic E-state index is 13.1. The Morgan fingerprint density at radius 3 is 2.37 bits per heavy atom. The van der Waals surface area contributed by atoms with Crippen LogP contribution in [0.1, 0.15) is 63.5 Å². The number of alkyl carbamates (subject to hydrolysis) is 1. The number of nitrogens with one attached hydrogen (secondary N) is 3. The second-order valence-corrected chi connectivity index (χ2v) is 11.8. The molecule has 3 atom stereocenters. The molecule has 0 bridgehead atoms. The van der Waals surface area contributed by atoms with Gasteiger partial charge in [0, 0.05) is 18.4 Å². The number of aliphatic hydroxyl groups excluding tert-OH is 1. The molecule has 1 aliphatic heterocycles. The van der Waals surface area contributed by atoms with Crippen LogP contribution in [0.15, 0.2) is 60.7 Å². The fourth-order valence-electron chi connectivity index (χ4n) is 5.38. The van der Waals surface area contributed by atoms with Crippen LogP contribution in [0, 0.1) is 5.92 Å². The van der Waals surface area contributed by atoms with Crippen LogP contribution in [0.3, 0.4) is 0 Å². The van der Waals surface area contributed by atoms with E-state index in [-0.39, 0.29) is 50.4 Å². The number of hydrogen-bond donors (Lipinski definition) is 4. The van der Waals surface area contributed by atoms with Crippen LogP contribution < -0.4 is 16.0 Å². The Bertz CT molecular complexity index is 1310. The summed E-state index contributed by atoms with van der Waals surface area (Å²) in [4.78, 5) is 51.4. The molecule has 0 saturated carbocycles. The summed E-state index contributed by atoms with van der Waals surface area (Å²) < 4.78 is 11.2. The molecule has 1 aliphatic carbocycles. The standard InChI is InChI=1S/C33H41N3O7/c1-21(18-37)34-29(38)17-22-11-5-4-6-16-28(31(40)43-20-33(2,3)36-30(22)39)35-32(41)42-19-27-25-14-9-7-12-23(25)24-13-8-10-15-26(24)27/h4-5,7-10,12-15,21-22,27-28,37H,6,11,16-20H2,1-3H3,(H,34,38)(H,35,41)(H,36,39). The third kappa shape index (κ3) is 8.44. The van der Waals surface area contributed by atoms with Gasteiger partial charge in [-0.25, -0.2) is 9.59 Å². The van der Waals surface area contributed by atoms with E-state index in [1.807, 2.05) is 42.5 Å². The van der Waals surface area contributed by atoms with Crippen molar-refractivity contribution in [3.63, 3.8) is 0 Å². The number of benzene rings is 2. The number of hydrogen-bond acceptors (Lipinski definition) is 7. The summed E-state index contributed by atoms with van der Waals surface area (Å²) in [5.74, 6) is -2.06. The van der Waals surface area contributed by atoms with Gasteiger partial charge in [0.25, 0.3) is 0 Å². The largest absolute Gasteiger partial charge is 0.462 e. The minimum atomic E-state index is -0.950. The van der Waals surface area contributed by atoms with Crippen molar-refractivity contribution in [1.29, 1.82) is 0 Å². The van der Waals surface area contributed by atoms with Crippen LogP contribution in [0.5, 0.6) is 0 Å². The van der Waals surface area contributed by atoms with Crippen molar-refractivity contribution < 1.29 is 33.8 Å². The topological polar surface area (TPSA) is 143 Å². The third-order valence-corrected chi connectivity index (χ3v) is 7.65. The minimum Gasteiger partial charge on any atom is -0.462 e. The lowest BCUT2D eigenvalue weighted by molar-refractivity contribution is -0.149. The zero-order chi connectivity index (χ0) is 31.0. The van der Waals surface area contributed by atoms with E-state index in [1.54, 1.807) is 26.8 Å². The Kier molecular flexibility index (Phi) is 10.6. The second-order valence-electron chi connectivity index (χ2n) is 11.8. The van der Waals surface area contributed by atoms with E-state index in [9.17, 15) is 24.3 Å². The molecule has 2 aromatic rings. The number of aliphatic hydroxyl groups is 1. The summed E-state index contributed by atoms with van der Waals surface area (Å²) in [5, 5.41) is 17.4. The molecule has 0 aromatic heterocycles. The van der Waals surface area contributed by atoms with E-state index in [2.05, 4.69) is 28.1 Å². The maximum Gasteiger partial charge on any atom is 0.407 e. The number of cyclic esters (lactones) is 1. The number of esters is 1. The molecule has 2 aliphatic rings. The highest BCUT2D eigenvalue weighted by atomic mass is 16.6. The van der Waals surface area contributed by atoms with Crippen molar-refractivity contribution in [2.24, 2.45) is 5.92 Å². The molecule has 10 heteroatoms. The van der Waals surface area contributed by atoms with Crippen LogP contribution >= 0.6 is 0 Å². The number of amides is 3.